The van der Waals surface area contributed by atoms with Crippen LogP contribution in [0.15, 0.2) is 24.5 Å². The molecule has 0 unspecified atom stereocenters. The van der Waals surface area contributed by atoms with Crippen molar-refractivity contribution < 1.29 is 0 Å². The maximum absolute atomic E-state index is 4.67. The van der Waals surface area contributed by atoms with Crippen molar-refractivity contribution in [2.75, 3.05) is 11.9 Å². The van der Waals surface area contributed by atoms with Gasteiger partial charge >= 0.3 is 0 Å². The highest BCUT2D eigenvalue weighted by molar-refractivity contribution is 5.61. The normalized spacial score (nSPS) is 10.8. The van der Waals surface area contributed by atoms with E-state index < -0.39 is 0 Å². The summed E-state index contributed by atoms with van der Waals surface area (Å²) in [4.78, 5) is 13.4. The van der Waals surface area contributed by atoms with Gasteiger partial charge in [0.1, 0.15) is 5.82 Å². The number of nitrogens with one attached hydrogen (secondary N) is 1. The van der Waals surface area contributed by atoms with Crippen LogP contribution in [0.5, 0.6) is 0 Å². The van der Waals surface area contributed by atoms with Gasteiger partial charge in [0.25, 0.3) is 0 Å². The molecule has 0 radical (unpaired) electrons. The zero-order chi connectivity index (χ0) is 13.8. The van der Waals surface area contributed by atoms with Crippen LogP contribution in [0.2, 0.25) is 0 Å². The fourth-order valence-electron chi connectivity index (χ4n) is 1.88. The monoisotopic (exact) mass is 256 g/mol. The van der Waals surface area contributed by atoms with Crippen LogP contribution in [0.1, 0.15) is 37.9 Å². The van der Waals surface area contributed by atoms with Crippen molar-refractivity contribution in [3.8, 4) is 11.4 Å². The second-order valence-corrected chi connectivity index (χ2v) is 4.88. The predicted molar refractivity (Wildman–Crippen MR) is 78.3 cm³/mol. The summed E-state index contributed by atoms with van der Waals surface area (Å²) in [5, 5.41) is 3.27. The lowest BCUT2D eigenvalue weighted by Gasteiger charge is -2.12. The Morgan fingerprint density at radius 3 is 2.68 bits per heavy atom. The maximum Gasteiger partial charge on any atom is 0.162 e. The quantitative estimate of drug-likeness (QED) is 0.910. The molecule has 19 heavy (non-hydrogen) atoms. The van der Waals surface area contributed by atoms with Crippen molar-refractivity contribution in [3.05, 3.63) is 35.8 Å². The number of aryl methyl sites for hydroxylation is 1. The zero-order valence-electron chi connectivity index (χ0n) is 11.9. The summed E-state index contributed by atoms with van der Waals surface area (Å²) in [6, 6.07) is 3.98. The summed E-state index contributed by atoms with van der Waals surface area (Å²) in [6.07, 6.45) is 3.62. The molecular formula is C15H20N4. The Morgan fingerprint density at radius 1 is 1.26 bits per heavy atom. The van der Waals surface area contributed by atoms with Gasteiger partial charge in [0, 0.05) is 36.3 Å². The summed E-state index contributed by atoms with van der Waals surface area (Å²) < 4.78 is 0. The van der Waals surface area contributed by atoms with Gasteiger partial charge in [-0.05, 0) is 31.4 Å². The van der Waals surface area contributed by atoms with Crippen molar-refractivity contribution in [1.29, 1.82) is 0 Å². The van der Waals surface area contributed by atoms with Crippen molar-refractivity contribution >= 4 is 5.82 Å². The molecule has 2 aromatic heterocycles. The number of anilines is 1. The lowest BCUT2D eigenvalue weighted by atomic mass is 10.1. The highest BCUT2D eigenvalue weighted by atomic mass is 15.0. The molecule has 1 N–H and O–H groups in total. The molecule has 0 atom stereocenters. The second kappa shape index (κ2) is 5.78. The largest absolute Gasteiger partial charge is 0.370 e. The number of hydrogen-bond donors (Lipinski definition) is 1. The Balaban J connectivity index is 2.53. The van der Waals surface area contributed by atoms with E-state index in [2.05, 4.69) is 41.0 Å². The number of nitrogens with zero attached hydrogens (tertiary/aromatic N) is 3. The first kappa shape index (κ1) is 13.5. The Labute approximate surface area is 114 Å². The van der Waals surface area contributed by atoms with Gasteiger partial charge in [-0.2, -0.15) is 0 Å². The van der Waals surface area contributed by atoms with Crippen molar-refractivity contribution in [2.45, 2.75) is 33.6 Å². The van der Waals surface area contributed by atoms with Gasteiger partial charge in [-0.1, -0.05) is 13.8 Å². The van der Waals surface area contributed by atoms with Gasteiger partial charge < -0.3 is 5.32 Å². The van der Waals surface area contributed by atoms with Gasteiger partial charge in [-0.15, -0.1) is 0 Å². The van der Waals surface area contributed by atoms with Crippen LogP contribution < -0.4 is 5.32 Å². The smallest absolute Gasteiger partial charge is 0.162 e. The molecule has 0 saturated heterocycles. The molecule has 0 aromatic carbocycles. The maximum atomic E-state index is 4.67. The molecule has 2 rings (SSSR count). The Kier molecular flexibility index (Phi) is 4.10. The molecule has 0 aliphatic rings. The van der Waals surface area contributed by atoms with E-state index in [0.717, 1.165) is 35.0 Å². The van der Waals surface area contributed by atoms with Gasteiger partial charge in [-0.25, -0.2) is 9.97 Å². The minimum absolute atomic E-state index is 0.376. The average Bonchev–Trinajstić information content (AvgIpc) is 2.39. The van der Waals surface area contributed by atoms with Gasteiger partial charge in [0.15, 0.2) is 5.82 Å². The van der Waals surface area contributed by atoms with E-state index in [1.807, 2.05) is 25.3 Å². The van der Waals surface area contributed by atoms with E-state index in [1.165, 1.54) is 0 Å². The molecule has 0 spiro atoms. The minimum atomic E-state index is 0.376. The fraction of sp³-hybridized carbons (Fsp3) is 0.400. The number of pyridine rings is 1. The van der Waals surface area contributed by atoms with Gasteiger partial charge in [0.2, 0.25) is 0 Å². The lowest BCUT2D eigenvalue weighted by Crippen LogP contribution is -2.05. The van der Waals surface area contributed by atoms with E-state index in [-0.39, 0.29) is 0 Å². The Morgan fingerprint density at radius 2 is 2.05 bits per heavy atom. The predicted octanol–water partition coefficient (Wildman–Crippen LogP) is 3.40. The third kappa shape index (κ3) is 3.08. The van der Waals surface area contributed by atoms with Crippen molar-refractivity contribution in [2.24, 2.45) is 0 Å². The molecule has 4 nitrogen and oxygen atoms in total. The molecule has 2 heterocycles. The molecule has 2 aromatic rings. The van der Waals surface area contributed by atoms with Gasteiger partial charge in [0.05, 0.1) is 0 Å². The summed E-state index contributed by atoms with van der Waals surface area (Å²) in [5.41, 5.74) is 3.18. The molecular weight excluding hydrogens is 236 g/mol. The summed E-state index contributed by atoms with van der Waals surface area (Å²) >= 11 is 0. The number of aromatic nitrogens is 3. The van der Waals surface area contributed by atoms with Crippen LogP contribution in [0.4, 0.5) is 5.82 Å². The van der Waals surface area contributed by atoms with E-state index in [0.29, 0.717) is 5.92 Å². The molecule has 0 saturated carbocycles. The highest BCUT2D eigenvalue weighted by Gasteiger charge is 2.10. The van der Waals surface area contributed by atoms with E-state index in [9.17, 15) is 0 Å². The lowest BCUT2D eigenvalue weighted by molar-refractivity contribution is 0.816. The van der Waals surface area contributed by atoms with E-state index >= 15 is 0 Å². The Hall–Kier alpha value is -1.97. The van der Waals surface area contributed by atoms with Crippen molar-refractivity contribution in [1.82, 2.24) is 15.0 Å². The highest BCUT2D eigenvalue weighted by Crippen LogP contribution is 2.23. The van der Waals surface area contributed by atoms with Crippen LogP contribution in [-0.2, 0) is 0 Å². The fourth-order valence-corrected chi connectivity index (χ4v) is 1.88. The van der Waals surface area contributed by atoms with Crippen LogP contribution in [0.3, 0.4) is 0 Å². The number of rotatable bonds is 4. The standard InChI is InChI=1S/C15H20N4/c1-5-17-14-8-13(10(2)3)18-15(19-14)12-6-7-16-9-11(12)4/h6-10H,5H2,1-4H3,(H,17,18,19). The minimum Gasteiger partial charge on any atom is -0.370 e. The summed E-state index contributed by atoms with van der Waals surface area (Å²) in [7, 11) is 0. The third-order valence-electron chi connectivity index (χ3n) is 2.96. The summed E-state index contributed by atoms with van der Waals surface area (Å²) in [6.45, 7) is 9.22. The topological polar surface area (TPSA) is 50.7 Å². The van der Waals surface area contributed by atoms with Crippen LogP contribution in [-0.4, -0.2) is 21.5 Å². The molecule has 0 aliphatic carbocycles. The van der Waals surface area contributed by atoms with Crippen LogP contribution >= 0.6 is 0 Å². The van der Waals surface area contributed by atoms with Crippen LogP contribution in [0.25, 0.3) is 11.4 Å². The second-order valence-electron chi connectivity index (χ2n) is 4.88. The van der Waals surface area contributed by atoms with Gasteiger partial charge in [-0.3, -0.25) is 4.98 Å². The molecule has 4 heteroatoms. The first-order valence-electron chi connectivity index (χ1n) is 6.65. The third-order valence-corrected chi connectivity index (χ3v) is 2.96. The molecule has 0 aliphatic heterocycles. The molecule has 100 valence electrons. The van der Waals surface area contributed by atoms with Crippen LogP contribution in [0, 0.1) is 6.92 Å². The first-order chi connectivity index (χ1) is 9.11. The molecule has 0 amide bonds. The Bertz CT molecular complexity index is 564. The first-order valence-corrected chi connectivity index (χ1v) is 6.65. The zero-order valence-corrected chi connectivity index (χ0v) is 11.9. The average molecular weight is 256 g/mol. The molecule has 0 bridgehead atoms. The van der Waals surface area contributed by atoms with Crippen molar-refractivity contribution in [3.63, 3.8) is 0 Å². The van der Waals surface area contributed by atoms with E-state index in [1.54, 1.807) is 6.20 Å². The SMILES string of the molecule is CCNc1cc(C(C)C)nc(-c2ccncc2C)n1. The summed E-state index contributed by atoms with van der Waals surface area (Å²) in [5.74, 6) is 2.02. The van der Waals surface area contributed by atoms with E-state index in [4.69, 9.17) is 0 Å². The molecule has 0 fully saturated rings. The number of hydrogen-bond acceptors (Lipinski definition) is 4.